The highest BCUT2D eigenvalue weighted by Crippen LogP contribution is 2.47. The highest BCUT2D eigenvalue weighted by molar-refractivity contribution is 7.53. The van der Waals surface area contributed by atoms with Crippen molar-refractivity contribution in [3.05, 3.63) is 34.9 Å². The maximum atomic E-state index is 12.2. The van der Waals surface area contributed by atoms with Crippen molar-refractivity contribution in [1.82, 2.24) is 0 Å². The number of cyclic esters (lactones) is 2. The normalized spacial score (nSPS) is 13.6. The zero-order valence-electron chi connectivity index (χ0n) is 13.3. The van der Waals surface area contributed by atoms with Gasteiger partial charge in [0.1, 0.15) is 6.61 Å². The Morgan fingerprint density at radius 3 is 2.33 bits per heavy atom. The van der Waals surface area contributed by atoms with E-state index in [9.17, 15) is 18.9 Å². The number of benzene rings is 1. The zero-order valence-corrected chi connectivity index (χ0v) is 14.2. The molecule has 0 amide bonds. The molecule has 0 fully saturated rings. The Morgan fingerprint density at radius 2 is 1.71 bits per heavy atom. The highest BCUT2D eigenvalue weighted by atomic mass is 31.2. The molecule has 0 saturated carbocycles. The Balaban J connectivity index is 1.98. The number of hydrogen-bond acceptors (Lipinski definition) is 8. The van der Waals surface area contributed by atoms with Gasteiger partial charge < -0.3 is 18.5 Å². The fraction of sp³-hybridized carbons (Fsp3) is 0.400. The number of carbonyl (C=O) groups excluding carboxylic acids is 3. The van der Waals surface area contributed by atoms with E-state index in [0.29, 0.717) is 0 Å². The van der Waals surface area contributed by atoms with Gasteiger partial charge in [-0.1, -0.05) is 0 Å². The van der Waals surface area contributed by atoms with Gasteiger partial charge in [0.25, 0.3) is 0 Å². The average molecular weight is 356 g/mol. The molecule has 130 valence electrons. The smallest absolute Gasteiger partial charge is 0.346 e. The SMILES string of the molecule is CCOP(=O)(CCOC(=O)c1ccc2c(c1)C(=O)OC2=O)OCC. The van der Waals surface area contributed by atoms with Gasteiger partial charge in [-0.05, 0) is 32.0 Å². The number of ether oxygens (including phenoxy) is 2. The van der Waals surface area contributed by atoms with Crippen molar-refractivity contribution >= 4 is 25.5 Å². The van der Waals surface area contributed by atoms with Crippen LogP contribution in [0.4, 0.5) is 0 Å². The van der Waals surface area contributed by atoms with Gasteiger partial charge in [-0.15, -0.1) is 0 Å². The van der Waals surface area contributed by atoms with Crippen LogP contribution in [0.3, 0.4) is 0 Å². The lowest BCUT2D eigenvalue weighted by Crippen LogP contribution is -2.12. The molecule has 0 radical (unpaired) electrons. The summed E-state index contributed by atoms with van der Waals surface area (Å²) in [6, 6.07) is 3.91. The summed E-state index contributed by atoms with van der Waals surface area (Å²) in [6.45, 7) is 3.63. The van der Waals surface area contributed by atoms with Crippen LogP contribution >= 0.6 is 7.60 Å². The van der Waals surface area contributed by atoms with Gasteiger partial charge >= 0.3 is 25.5 Å². The van der Waals surface area contributed by atoms with Crippen molar-refractivity contribution in [2.45, 2.75) is 13.8 Å². The quantitative estimate of drug-likeness (QED) is 0.397. The second-order valence-corrected chi connectivity index (χ2v) is 6.93. The van der Waals surface area contributed by atoms with E-state index in [1.54, 1.807) is 13.8 Å². The Labute approximate surface area is 138 Å². The van der Waals surface area contributed by atoms with Gasteiger partial charge in [-0.3, -0.25) is 4.57 Å². The summed E-state index contributed by atoms with van der Waals surface area (Å²) in [5.74, 6) is -2.27. The molecule has 1 heterocycles. The first-order chi connectivity index (χ1) is 11.4. The predicted octanol–water partition coefficient (Wildman–Crippen LogP) is 2.42. The summed E-state index contributed by atoms with van der Waals surface area (Å²) >= 11 is 0. The molecule has 0 atom stereocenters. The minimum absolute atomic E-state index is 0.0174. The molecule has 0 aliphatic carbocycles. The minimum atomic E-state index is -3.29. The lowest BCUT2D eigenvalue weighted by atomic mass is 10.1. The number of hydrogen-bond donors (Lipinski definition) is 0. The van der Waals surface area contributed by atoms with E-state index in [4.69, 9.17) is 13.8 Å². The second kappa shape index (κ2) is 7.70. The largest absolute Gasteiger partial charge is 0.461 e. The predicted molar refractivity (Wildman–Crippen MR) is 82.2 cm³/mol. The molecule has 9 heteroatoms. The third kappa shape index (κ3) is 4.08. The monoisotopic (exact) mass is 356 g/mol. The van der Waals surface area contributed by atoms with Crippen LogP contribution in [0, 0.1) is 0 Å². The third-order valence-corrected chi connectivity index (χ3v) is 5.16. The van der Waals surface area contributed by atoms with Crippen molar-refractivity contribution < 1.29 is 37.5 Å². The van der Waals surface area contributed by atoms with E-state index < -0.39 is 25.5 Å². The summed E-state index contributed by atoms with van der Waals surface area (Å²) in [4.78, 5) is 34.8. The molecule has 0 aromatic heterocycles. The minimum Gasteiger partial charge on any atom is -0.461 e. The fourth-order valence-corrected chi connectivity index (χ4v) is 3.54. The average Bonchev–Trinajstić information content (AvgIpc) is 2.82. The Morgan fingerprint density at radius 1 is 1.08 bits per heavy atom. The fourth-order valence-electron chi connectivity index (χ4n) is 2.11. The zero-order chi connectivity index (χ0) is 17.7. The van der Waals surface area contributed by atoms with E-state index in [0.717, 1.165) is 0 Å². The maximum Gasteiger partial charge on any atom is 0.346 e. The van der Waals surface area contributed by atoms with Gasteiger partial charge in [0.05, 0.1) is 36.1 Å². The Bertz CT molecular complexity index is 701. The first-order valence-corrected chi connectivity index (χ1v) is 9.08. The third-order valence-electron chi connectivity index (χ3n) is 3.13. The van der Waals surface area contributed by atoms with E-state index in [1.165, 1.54) is 18.2 Å². The molecule has 1 aromatic carbocycles. The first-order valence-electron chi connectivity index (χ1n) is 7.36. The summed E-state index contributed by atoms with van der Waals surface area (Å²) in [5, 5.41) is 0. The van der Waals surface area contributed by atoms with Crippen LogP contribution in [-0.2, 0) is 23.1 Å². The van der Waals surface area contributed by atoms with Crippen molar-refractivity contribution in [1.29, 1.82) is 0 Å². The van der Waals surface area contributed by atoms with Crippen LogP contribution < -0.4 is 0 Å². The van der Waals surface area contributed by atoms with Crippen molar-refractivity contribution in [2.75, 3.05) is 26.0 Å². The Kier molecular flexibility index (Phi) is 5.88. The Hall–Kier alpha value is -2.02. The van der Waals surface area contributed by atoms with Gasteiger partial charge in [0.15, 0.2) is 0 Å². The number of esters is 3. The molecule has 1 aromatic rings. The molecule has 2 rings (SSSR count). The van der Waals surface area contributed by atoms with Crippen LogP contribution in [0.15, 0.2) is 18.2 Å². The highest BCUT2D eigenvalue weighted by Gasteiger charge is 2.30. The van der Waals surface area contributed by atoms with E-state index >= 15 is 0 Å². The molecule has 8 nitrogen and oxygen atoms in total. The second-order valence-electron chi connectivity index (χ2n) is 4.74. The van der Waals surface area contributed by atoms with Crippen LogP contribution in [0.2, 0.25) is 0 Å². The van der Waals surface area contributed by atoms with Gasteiger partial charge in [0, 0.05) is 0 Å². The number of carbonyl (C=O) groups is 3. The molecular formula is C15H17O8P. The van der Waals surface area contributed by atoms with E-state index in [1.807, 2.05) is 0 Å². The number of rotatable bonds is 8. The standard InChI is InChI=1S/C15H17O8P/c1-3-21-24(19,22-4-2)8-7-20-13(16)10-5-6-11-12(9-10)15(18)23-14(11)17/h5-6,9H,3-4,7-8H2,1-2H3. The van der Waals surface area contributed by atoms with E-state index in [-0.39, 0.29) is 42.7 Å². The van der Waals surface area contributed by atoms with Gasteiger partial charge in [-0.2, -0.15) is 0 Å². The summed E-state index contributed by atoms with van der Waals surface area (Å²) in [7, 11) is -3.29. The lowest BCUT2D eigenvalue weighted by molar-refractivity contribution is 0.0442. The molecule has 0 saturated heterocycles. The number of fused-ring (bicyclic) bond motifs is 1. The first kappa shape index (κ1) is 18.3. The lowest BCUT2D eigenvalue weighted by Gasteiger charge is -2.16. The molecular weight excluding hydrogens is 339 g/mol. The summed E-state index contributed by atoms with van der Waals surface area (Å²) < 4.78 is 31.9. The van der Waals surface area contributed by atoms with Gasteiger partial charge in [0.2, 0.25) is 0 Å². The molecule has 1 aliphatic heterocycles. The van der Waals surface area contributed by atoms with Gasteiger partial charge in [-0.25, -0.2) is 14.4 Å². The van der Waals surface area contributed by atoms with Crippen LogP contribution in [0.25, 0.3) is 0 Å². The molecule has 0 spiro atoms. The summed E-state index contributed by atoms with van der Waals surface area (Å²) in [5.41, 5.74) is 0.209. The topological polar surface area (TPSA) is 105 Å². The molecule has 1 aliphatic rings. The maximum absolute atomic E-state index is 12.2. The van der Waals surface area contributed by atoms with E-state index in [2.05, 4.69) is 4.74 Å². The van der Waals surface area contributed by atoms with Crippen molar-refractivity contribution in [3.8, 4) is 0 Å². The van der Waals surface area contributed by atoms with Crippen molar-refractivity contribution in [3.63, 3.8) is 0 Å². The molecule has 0 unspecified atom stereocenters. The molecule has 0 bridgehead atoms. The molecule has 24 heavy (non-hydrogen) atoms. The van der Waals surface area contributed by atoms with Crippen molar-refractivity contribution in [2.24, 2.45) is 0 Å². The molecule has 0 N–H and O–H groups in total. The van der Waals surface area contributed by atoms with Crippen LogP contribution in [0.5, 0.6) is 0 Å². The summed E-state index contributed by atoms with van der Waals surface area (Å²) in [6.07, 6.45) is -0.0775. The van der Waals surface area contributed by atoms with Crippen LogP contribution in [0.1, 0.15) is 44.9 Å². The van der Waals surface area contributed by atoms with Crippen LogP contribution in [-0.4, -0.2) is 43.9 Å².